The summed E-state index contributed by atoms with van der Waals surface area (Å²) in [5.74, 6) is 0.877. The Hall–Kier alpha value is -2.20. The minimum absolute atomic E-state index is 0.206. The van der Waals surface area contributed by atoms with Crippen molar-refractivity contribution in [1.29, 1.82) is 0 Å². The summed E-state index contributed by atoms with van der Waals surface area (Å²) in [5.41, 5.74) is 2.70. The fourth-order valence-corrected chi connectivity index (χ4v) is 4.70. The molecule has 0 radical (unpaired) electrons. The zero-order chi connectivity index (χ0) is 18.9. The largest absolute Gasteiger partial charge is 0.497 e. The molecule has 1 heterocycles. The molecule has 0 N–H and O–H groups in total. The number of aryl methyl sites for hydroxylation is 1. The second-order valence-corrected chi connectivity index (χ2v) is 7.70. The first-order chi connectivity index (χ1) is 13.1. The van der Waals surface area contributed by atoms with Gasteiger partial charge in [-0.3, -0.25) is 9.69 Å². The van der Waals surface area contributed by atoms with Gasteiger partial charge in [0.25, 0.3) is 0 Å². The molecule has 0 amide bonds. The van der Waals surface area contributed by atoms with Crippen LogP contribution >= 0.6 is 0 Å². The fraction of sp³-hybridized carbons (Fsp3) is 0.435. The highest BCUT2D eigenvalue weighted by Crippen LogP contribution is 2.40. The van der Waals surface area contributed by atoms with Crippen LogP contribution in [0.2, 0.25) is 0 Å². The molecule has 0 aromatic heterocycles. The van der Waals surface area contributed by atoms with E-state index in [2.05, 4.69) is 4.90 Å². The van der Waals surface area contributed by atoms with Crippen molar-refractivity contribution in [1.82, 2.24) is 4.90 Å². The number of likely N-dealkylation sites (tertiary alicyclic amines) is 1. The van der Waals surface area contributed by atoms with Crippen LogP contribution in [0.25, 0.3) is 0 Å². The number of piperidine rings is 1. The van der Waals surface area contributed by atoms with E-state index in [0.29, 0.717) is 0 Å². The van der Waals surface area contributed by atoms with Crippen LogP contribution in [0.15, 0.2) is 42.5 Å². The van der Waals surface area contributed by atoms with Crippen LogP contribution < -0.4 is 4.74 Å². The molecule has 1 saturated heterocycles. The van der Waals surface area contributed by atoms with E-state index in [0.717, 1.165) is 74.1 Å². The monoisotopic (exact) mass is 367 g/mol. The topological polar surface area (TPSA) is 29.5 Å². The van der Waals surface area contributed by atoms with Gasteiger partial charge in [-0.25, -0.2) is 4.39 Å². The maximum Gasteiger partial charge on any atom is 0.183 e. The van der Waals surface area contributed by atoms with Crippen molar-refractivity contribution in [2.45, 2.75) is 44.1 Å². The van der Waals surface area contributed by atoms with E-state index >= 15 is 0 Å². The maximum absolute atomic E-state index is 13.5. The Morgan fingerprint density at radius 2 is 1.93 bits per heavy atom. The smallest absolute Gasteiger partial charge is 0.183 e. The lowest BCUT2D eigenvalue weighted by Gasteiger charge is -2.48. The molecule has 142 valence electrons. The quantitative estimate of drug-likeness (QED) is 0.801. The van der Waals surface area contributed by atoms with E-state index in [1.54, 1.807) is 7.11 Å². The molecular formula is C23H26FNO2. The summed E-state index contributed by atoms with van der Waals surface area (Å²) in [6.07, 6.45) is 5.78. The van der Waals surface area contributed by atoms with Gasteiger partial charge in [0.05, 0.1) is 12.6 Å². The van der Waals surface area contributed by atoms with Gasteiger partial charge < -0.3 is 4.74 Å². The number of nitrogens with zero attached hydrogens (tertiary/aromatic N) is 1. The van der Waals surface area contributed by atoms with Crippen molar-refractivity contribution in [3.8, 4) is 5.75 Å². The first-order valence-corrected chi connectivity index (χ1v) is 9.84. The van der Waals surface area contributed by atoms with E-state index in [4.69, 9.17) is 4.74 Å². The molecule has 0 bridgehead atoms. The van der Waals surface area contributed by atoms with E-state index in [9.17, 15) is 9.18 Å². The van der Waals surface area contributed by atoms with Crippen LogP contribution in [0.1, 0.15) is 47.2 Å². The normalized spacial score (nSPS) is 22.7. The highest BCUT2D eigenvalue weighted by Gasteiger charge is 2.47. The van der Waals surface area contributed by atoms with Crippen LogP contribution in [-0.2, 0) is 12.8 Å². The van der Waals surface area contributed by atoms with Gasteiger partial charge >= 0.3 is 0 Å². The Bertz CT molecular complexity index is 833. The highest BCUT2D eigenvalue weighted by molar-refractivity contribution is 6.05. The summed E-state index contributed by atoms with van der Waals surface area (Å²) in [6, 6.07) is 12.5. The number of hydrogen-bond donors (Lipinski definition) is 0. The molecule has 0 saturated carbocycles. The number of benzene rings is 2. The summed E-state index contributed by atoms with van der Waals surface area (Å²) >= 11 is 0. The van der Waals surface area contributed by atoms with Gasteiger partial charge in [0.2, 0.25) is 0 Å². The molecule has 1 aliphatic heterocycles. The average molecular weight is 367 g/mol. The molecule has 1 fully saturated rings. The van der Waals surface area contributed by atoms with Crippen LogP contribution in [-0.4, -0.2) is 36.4 Å². The molecule has 1 spiro atoms. The van der Waals surface area contributed by atoms with Gasteiger partial charge in [0.1, 0.15) is 11.6 Å². The summed E-state index contributed by atoms with van der Waals surface area (Å²) in [6.45, 7) is 1.79. The molecule has 1 aliphatic carbocycles. The second-order valence-electron chi connectivity index (χ2n) is 7.70. The summed E-state index contributed by atoms with van der Waals surface area (Å²) in [4.78, 5) is 15.9. The maximum atomic E-state index is 13.5. The first-order valence-electron chi connectivity index (χ1n) is 9.84. The van der Waals surface area contributed by atoms with Crippen LogP contribution in [0, 0.1) is 5.82 Å². The third-order valence-corrected chi connectivity index (χ3v) is 6.24. The summed E-state index contributed by atoms with van der Waals surface area (Å²) in [5, 5.41) is 0. The molecule has 1 atom stereocenters. The van der Waals surface area contributed by atoms with E-state index in [1.807, 2.05) is 30.3 Å². The van der Waals surface area contributed by atoms with Crippen molar-refractivity contribution >= 4 is 5.78 Å². The molecule has 4 rings (SSSR count). The van der Waals surface area contributed by atoms with Crippen molar-refractivity contribution in [3.05, 3.63) is 65.0 Å². The predicted molar refractivity (Wildman–Crippen MR) is 104 cm³/mol. The third kappa shape index (κ3) is 3.39. The number of ether oxygens (including phenoxy) is 1. The lowest BCUT2D eigenvalue weighted by Crippen LogP contribution is -2.59. The minimum atomic E-state index is -0.375. The van der Waals surface area contributed by atoms with Crippen LogP contribution in [0.5, 0.6) is 5.75 Å². The number of fused-ring (bicyclic) bond motifs is 1. The van der Waals surface area contributed by atoms with Crippen LogP contribution in [0.3, 0.4) is 0 Å². The van der Waals surface area contributed by atoms with E-state index in [1.165, 1.54) is 12.1 Å². The number of carbonyl (C=O) groups excluding carboxylic acids is 1. The molecule has 2 aromatic rings. The Morgan fingerprint density at radius 1 is 1.11 bits per heavy atom. The van der Waals surface area contributed by atoms with Crippen molar-refractivity contribution in [2.24, 2.45) is 0 Å². The number of rotatable bonds is 4. The molecular weight excluding hydrogens is 341 g/mol. The van der Waals surface area contributed by atoms with Gasteiger partial charge in [-0.15, -0.1) is 0 Å². The standard InChI is InChI=1S/C23H26FNO2/c1-27-20-8-9-21-18(16-20)10-13-23(22(21)26)12-2-3-14-25(23)15-11-17-4-6-19(24)7-5-17/h4-9,16H,2-3,10-15H2,1H3/t23-/m1/s1. The molecule has 27 heavy (non-hydrogen) atoms. The molecule has 2 aliphatic rings. The van der Waals surface area contributed by atoms with Crippen LogP contribution in [0.4, 0.5) is 4.39 Å². The Morgan fingerprint density at radius 3 is 2.70 bits per heavy atom. The lowest BCUT2D eigenvalue weighted by atomic mass is 9.71. The minimum Gasteiger partial charge on any atom is -0.497 e. The van der Waals surface area contributed by atoms with Gasteiger partial charge in [-0.2, -0.15) is 0 Å². The number of methoxy groups -OCH3 is 1. The van der Waals surface area contributed by atoms with E-state index < -0.39 is 0 Å². The second kappa shape index (κ2) is 7.43. The zero-order valence-corrected chi connectivity index (χ0v) is 15.8. The Labute approximate surface area is 160 Å². The molecule has 0 unspecified atom stereocenters. The lowest BCUT2D eigenvalue weighted by molar-refractivity contribution is 0.0298. The summed E-state index contributed by atoms with van der Waals surface area (Å²) < 4.78 is 18.5. The summed E-state index contributed by atoms with van der Waals surface area (Å²) in [7, 11) is 1.66. The van der Waals surface area contributed by atoms with Crippen molar-refractivity contribution < 1.29 is 13.9 Å². The van der Waals surface area contributed by atoms with Gasteiger partial charge in [0.15, 0.2) is 5.78 Å². The number of halogens is 1. The number of hydrogen-bond acceptors (Lipinski definition) is 3. The van der Waals surface area contributed by atoms with Gasteiger partial charge in [0, 0.05) is 12.1 Å². The Balaban J connectivity index is 1.57. The SMILES string of the molecule is COc1ccc2c(c1)CC[C@]1(CCCCN1CCc1ccc(F)cc1)C2=O. The van der Waals surface area contributed by atoms with Gasteiger partial charge in [-0.05, 0) is 86.5 Å². The predicted octanol–water partition coefficient (Wildman–Crippen LogP) is 4.43. The van der Waals surface area contributed by atoms with E-state index in [-0.39, 0.29) is 17.1 Å². The molecule has 3 nitrogen and oxygen atoms in total. The Kier molecular flexibility index (Phi) is 5.00. The highest BCUT2D eigenvalue weighted by atomic mass is 19.1. The van der Waals surface area contributed by atoms with Crippen molar-refractivity contribution in [2.75, 3.05) is 20.2 Å². The first kappa shape index (κ1) is 18.2. The third-order valence-electron chi connectivity index (χ3n) is 6.24. The van der Waals surface area contributed by atoms with Crippen molar-refractivity contribution in [3.63, 3.8) is 0 Å². The fourth-order valence-electron chi connectivity index (χ4n) is 4.70. The number of Topliss-reactive ketones (excluding diaryl/α,β-unsaturated/α-hetero) is 1. The number of ketones is 1. The number of carbonyl (C=O) groups is 1. The van der Waals surface area contributed by atoms with Gasteiger partial charge in [-0.1, -0.05) is 12.1 Å². The zero-order valence-electron chi connectivity index (χ0n) is 15.8. The average Bonchev–Trinajstić information content (AvgIpc) is 2.71. The molecule has 2 aromatic carbocycles. The molecule has 4 heteroatoms.